The molecule has 0 spiro atoms. The molecule has 840 valence electrons. The van der Waals surface area contributed by atoms with Crippen LogP contribution in [0.2, 0.25) is 0 Å². The van der Waals surface area contributed by atoms with E-state index in [1.165, 1.54) is 144 Å². The number of hydrogen-bond acceptors (Lipinski definition) is 18. The molecule has 0 unspecified atom stereocenters. The summed E-state index contributed by atoms with van der Waals surface area (Å²) in [5.74, 6) is 0. The first-order chi connectivity index (χ1) is 69.9. The zero-order chi connectivity index (χ0) is 116. The van der Waals surface area contributed by atoms with E-state index in [4.69, 9.17) is 86.1 Å². The topological polar surface area (TPSA) is 426 Å². The van der Waals surface area contributed by atoms with Crippen LogP contribution in [-0.4, -0.2) is 0 Å². The van der Waals surface area contributed by atoms with Crippen molar-refractivity contribution >= 4 is 47.4 Å². The maximum atomic E-state index is 10.1. The van der Waals surface area contributed by atoms with Crippen molar-refractivity contribution in [1.82, 2.24) is 0 Å². The van der Waals surface area contributed by atoms with Gasteiger partial charge in [-0.05, 0) is 156 Å². The summed E-state index contributed by atoms with van der Waals surface area (Å²) >= 11 is 0. The van der Waals surface area contributed by atoms with Gasteiger partial charge < -0.3 is 86.1 Å². The molecular weight excluding hydrogens is 2050 g/mol. The quantitative estimate of drug-likeness (QED) is 0.0308. The third-order valence-corrected chi connectivity index (χ3v) is 17.9. The van der Waals surface area contributed by atoms with Gasteiger partial charge in [-0.15, -0.1) is 0 Å². The highest BCUT2D eigenvalue weighted by Crippen LogP contribution is 2.25. The Labute approximate surface area is 891 Å². The highest BCUT2D eigenvalue weighted by Gasteiger charge is 2.06. The van der Waals surface area contributed by atoms with E-state index in [0.717, 1.165) is 78.5 Å². The summed E-state index contributed by atoms with van der Waals surface area (Å²) in [7, 11) is -33.8. The van der Waals surface area contributed by atoms with Crippen molar-refractivity contribution in [3.8, 4) is 0 Å². The molecule has 0 fully saturated rings. The average Bonchev–Trinajstić information content (AvgIpc) is 0.987. The summed E-state index contributed by atoms with van der Waals surface area (Å²) in [5, 5.41) is 0. The van der Waals surface area contributed by atoms with Gasteiger partial charge in [-0.2, -0.15) is 0 Å². The SMILES string of the molecule is CCC[n+]1cccc(C)c1.CCC[n+]1cccc(C)c1.CCC[n+]1cccc(C)c1.CCC[n+]1cccc(C)c1.CCC[n+]1cccc(C)c1.CCC[n+]1cccc(C)c1.CCC[n+]1cccc(C)c1.CCC[n+]1cccc(C)c1.CCC[n+]1cccc(C)c1.CCC[n+]1cccc(C)c1.CCC[n+]1cccc(C)c1.CCC[n+]1cccc(C)c1.O=P([O-])([O-])F.O=P([O-])([O-])F.O=P([O-])([O-])F.O=P([O-])([O-])F.O=P([O-])([O-])F.O=P([O-])([O-])F. The normalized spacial score (nSPS) is 10.2. The molecule has 0 amide bonds. The Morgan fingerprint density at radius 2 is 0.207 bits per heavy atom. The molecule has 12 heterocycles. The maximum Gasteiger partial charge on any atom is 0.171 e. The summed E-state index contributed by atoms with van der Waals surface area (Å²) < 4.78 is 138. The summed E-state index contributed by atoms with van der Waals surface area (Å²) in [4.78, 5) is 101. The average molecular weight is 2220 g/mol. The van der Waals surface area contributed by atoms with E-state index in [1.807, 2.05) is 0 Å². The van der Waals surface area contributed by atoms with Crippen LogP contribution < -0.4 is 114 Å². The zero-order valence-electron chi connectivity index (χ0n) is 92.3. The van der Waals surface area contributed by atoms with Crippen LogP contribution in [0.4, 0.5) is 25.2 Å². The molecule has 0 aliphatic carbocycles. The maximum absolute atomic E-state index is 10.1. The lowest BCUT2D eigenvalue weighted by Crippen LogP contribution is -2.32. The molecule has 0 aliphatic heterocycles. The van der Waals surface area contributed by atoms with Gasteiger partial charge in [0.15, 0.2) is 149 Å². The van der Waals surface area contributed by atoms with Crippen molar-refractivity contribution in [2.45, 2.75) is 322 Å². The molecular formula is C108H168F6N12O18P6. The van der Waals surface area contributed by atoms with Crippen LogP contribution in [-0.2, 0) is 106 Å². The van der Waals surface area contributed by atoms with E-state index >= 15 is 0 Å². The Bertz CT molecular complexity index is 4530. The van der Waals surface area contributed by atoms with E-state index in [9.17, 15) is 25.2 Å². The van der Waals surface area contributed by atoms with Gasteiger partial charge in [0.1, 0.15) is 126 Å². The molecule has 0 aromatic carbocycles. The molecule has 0 saturated heterocycles. The Morgan fingerprint density at radius 1 is 0.153 bits per heavy atom. The molecule has 42 heteroatoms. The second-order valence-electron chi connectivity index (χ2n) is 34.0. The first kappa shape index (κ1) is 151. The highest BCUT2D eigenvalue weighted by atomic mass is 31.2. The van der Waals surface area contributed by atoms with Gasteiger partial charge >= 0.3 is 0 Å². The fourth-order valence-corrected chi connectivity index (χ4v) is 12.6. The van der Waals surface area contributed by atoms with Crippen molar-refractivity contribution < 1.29 is 166 Å². The summed E-state index contributed by atoms with van der Waals surface area (Å²) in [6.45, 7) is 65.2. The van der Waals surface area contributed by atoms with Gasteiger partial charge in [0, 0.05) is 217 Å². The lowest BCUT2D eigenvalue weighted by atomic mass is 10.3. The van der Waals surface area contributed by atoms with E-state index in [-0.39, 0.29) is 0 Å². The summed E-state index contributed by atoms with van der Waals surface area (Å²) in [6, 6.07) is 50.5. The van der Waals surface area contributed by atoms with E-state index in [2.05, 4.69) is 515 Å². The molecule has 12 aromatic heterocycles. The van der Waals surface area contributed by atoms with Crippen molar-refractivity contribution in [2.24, 2.45) is 0 Å². The Kier molecular flexibility index (Phi) is 92.4. The molecule has 12 rings (SSSR count). The summed E-state index contributed by atoms with van der Waals surface area (Å²) in [5.41, 5.74) is 16.0. The van der Waals surface area contributed by atoms with Crippen molar-refractivity contribution in [1.29, 1.82) is 0 Å². The monoisotopic (exact) mass is 2220 g/mol. The number of rotatable bonds is 24. The Balaban J connectivity index is -0.000000368. The molecule has 0 saturated carbocycles. The molecule has 0 bridgehead atoms. The van der Waals surface area contributed by atoms with Gasteiger partial charge in [-0.1, -0.05) is 83.1 Å². The predicted octanol–water partition coefficient (Wildman–Crippen LogP) is 13.0. The minimum Gasteiger partial charge on any atom is -0.786 e. The smallest absolute Gasteiger partial charge is 0.171 e. The number of aromatic nitrogens is 12. The van der Waals surface area contributed by atoms with Crippen LogP contribution in [0.5, 0.6) is 0 Å². The lowest BCUT2D eigenvalue weighted by Gasteiger charge is -2.15. The van der Waals surface area contributed by atoms with Crippen LogP contribution in [0.25, 0.3) is 0 Å². The molecule has 150 heavy (non-hydrogen) atoms. The first-order valence-electron chi connectivity index (χ1n) is 49.7. The molecule has 12 aromatic rings. The van der Waals surface area contributed by atoms with Crippen LogP contribution in [0.15, 0.2) is 294 Å². The largest absolute Gasteiger partial charge is 0.786 e. The second-order valence-corrected chi connectivity index (χ2v) is 39.2. The van der Waals surface area contributed by atoms with Crippen molar-refractivity contribution in [2.75, 3.05) is 0 Å². The van der Waals surface area contributed by atoms with Crippen molar-refractivity contribution in [3.63, 3.8) is 0 Å². The third-order valence-electron chi connectivity index (χ3n) is 17.9. The Morgan fingerprint density at radius 3 is 0.247 bits per heavy atom. The number of halogens is 6. The van der Waals surface area contributed by atoms with Gasteiger partial charge in [-0.3, -0.25) is 0 Å². The van der Waals surface area contributed by atoms with E-state index < -0.39 is 47.4 Å². The Hall–Kier alpha value is -9.72. The molecule has 30 nitrogen and oxygen atoms in total. The number of pyridine rings is 12. The fourth-order valence-electron chi connectivity index (χ4n) is 12.6. The van der Waals surface area contributed by atoms with Gasteiger partial charge in [0.25, 0.3) is 0 Å². The first-order valence-corrected chi connectivity index (χ1v) is 58.3. The molecule has 0 aliphatic rings. The molecule has 0 atom stereocenters. The molecule has 0 N–H and O–H groups in total. The summed E-state index contributed by atoms with van der Waals surface area (Å²) in [6.07, 6.45) is 65.8. The van der Waals surface area contributed by atoms with Crippen LogP contribution >= 0.6 is 47.4 Å². The number of hydrogen-bond donors (Lipinski definition) is 0. The highest BCUT2D eigenvalue weighted by molar-refractivity contribution is 7.43. The predicted molar refractivity (Wildman–Crippen MR) is 552 cm³/mol. The second kappa shape index (κ2) is 91.9. The number of nitrogens with zero attached hydrogens (tertiary/aromatic N) is 12. The fraction of sp³-hybridized carbons (Fsp3) is 0.444. The van der Waals surface area contributed by atoms with Crippen LogP contribution in [0, 0.1) is 83.1 Å². The van der Waals surface area contributed by atoms with Gasteiger partial charge in [-0.25, -0.2) is 80.0 Å². The van der Waals surface area contributed by atoms with Crippen molar-refractivity contribution in [3.05, 3.63) is 361 Å². The van der Waals surface area contributed by atoms with E-state index in [1.54, 1.807) is 0 Å². The zero-order valence-corrected chi connectivity index (χ0v) is 97.7. The van der Waals surface area contributed by atoms with Gasteiger partial charge in [0.05, 0.1) is 0 Å². The lowest BCUT2D eigenvalue weighted by molar-refractivity contribution is -0.697. The molecule has 0 radical (unpaired) electrons. The standard InChI is InChI=1S/12C9H14N.6FH2O3P/c12*1-3-6-10-7-4-5-9(2)8-10;6*1-5(2,3)4/h12*4-5,7-8H,3,6H2,1-2H3;6*(H2,2,3,4)/q12*+1;;;;;;/p-12. The minimum absolute atomic E-state index is 1.13. The van der Waals surface area contributed by atoms with Crippen LogP contribution in [0.1, 0.15) is 227 Å². The minimum atomic E-state index is -5.64. The van der Waals surface area contributed by atoms with Crippen LogP contribution in [0.3, 0.4) is 0 Å². The van der Waals surface area contributed by atoms with E-state index in [0.29, 0.717) is 0 Å². The third kappa shape index (κ3) is 122. The number of aryl methyl sites for hydroxylation is 24. The van der Waals surface area contributed by atoms with Gasteiger partial charge in [0.2, 0.25) is 0 Å².